The first-order valence-corrected chi connectivity index (χ1v) is 8.35. The van der Waals surface area contributed by atoms with E-state index in [-0.39, 0.29) is 30.2 Å². The number of benzene rings is 1. The van der Waals surface area contributed by atoms with Crippen molar-refractivity contribution in [3.8, 4) is 5.75 Å². The Morgan fingerprint density at radius 2 is 2.10 bits per heavy atom. The molecular formula is C13H13I2NO5. The number of carboxylic acid groups (broad SMARTS) is 1. The third-order valence-corrected chi connectivity index (χ3v) is 4.53. The van der Waals surface area contributed by atoms with Crippen molar-refractivity contribution >= 4 is 57.1 Å². The Bertz CT molecular complexity index is 578. The Morgan fingerprint density at radius 3 is 2.76 bits per heavy atom. The van der Waals surface area contributed by atoms with Gasteiger partial charge < -0.3 is 19.8 Å². The van der Waals surface area contributed by atoms with Gasteiger partial charge in [-0.05, 0) is 57.3 Å². The first-order chi connectivity index (χ1) is 9.88. The summed E-state index contributed by atoms with van der Waals surface area (Å²) >= 11 is 4.05. The number of carbonyl (C=O) groups is 2. The molecule has 1 aromatic rings. The fraction of sp³-hybridized carbons (Fsp3) is 0.385. The number of morpholine rings is 1. The predicted octanol–water partition coefficient (Wildman–Crippen LogP) is 1.92. The fourth-order valence-electron chi connectivity index (χ4n) is 2.12. The molecule has 1 saturated heterocycles. The van der Waals surface area contributed by atoms with Gasteiger partial charge in [-0.15, -0.1) is 0 Å². The largest absolute Gasteiger partial charge is 0.506 e. The molecule has 1 heterocycles. The highest BCUT2D eigenvalue weighted by atomic mass is 127. The highest BCUT2D eigenvalue weighted by Crippen LogP contribution is 2.28. The standard InChI is InChI=1S/C13H13I2NO5/c14-7-3-9(12(19)10(15)4-7)13(20)16-1-2-21-8(6-16)5-11(17)18/h3-4,8,19H,1-2,5-6H2,(H,17,18). The lowest BCUT2D eigenvalue weighted by atomic mass is 10.1. The zero-order chi connectivity index (χ0) is 15.6. The van der Waals surface area contributed by atoms with Crippen molar-refractivity contribution in [2.45, 2.75) is 12.5 Å². The topological polar surface area (TPSA) is 87.1 Å². The van der Waals surface area contributed by atoms with Gasteiger partial charge >= 0.3 is 5.97 Å². The summed E-state index contributed by atoms with van der Waals surface area (Å²) in [6.07, 6.45) is -0.649. The number of carbonyl (C=O) groups excluding carboxylic acids is 1. The Balaban J connectivity index is 2.18. The number of ether oxygens (including phenoxy) is 1. The van der Waals surface area contributed by atoms with E-state index >= 15 is 0 Å². The van der Waals surface area contributed by atoms with E-state index in [2.05, 4.69) is 22.6 Å². The van der Waals surface area contributed by atoms with Crippen LogP contribution in [0.25, 0.3) is 0 Å². The Hall–Kier alpha value is -0.620. The quantitative estimate of drug-likeness (QED) is 0.599. The van der Waals surface area contributed by atoms with Crippen molar-refractivity contribution in [2.24, 2.45) is 0 Å². The van der Waals surface area contributed by atoms with E-state index in [1.54, 1.807) is 12.1 Å². The summed E-state index contributed by atoms with van der Waals surface area (Å²) in [5.41, 5.74) is 0.238. The highest BCUT2D eigenvalue weighted by Gasteiger charge is 2.28. The van der Waals surface area contributed by atoms with Gasteiger partial charge in [0.15, 0.2) is 0 Å². The SMILES string of the molecule is O=C(O)CC1CN(C(=O)c2cc(I)cc(I)c2O)CCO1. The van der Waals surface area contributed by atoms with E-state index in [0.717, 1.165) is 3.57 Å². The van der Waals surface area contributed by atoms with Crippen LogP contribution in [-0.2, 0) is 9.53 Å². The van der Waals surface area contributed by atoms with Crippen LogP contribution in [0.4, 0.5) is 0 Å². The molecule has 0 spiro atoms. The number of aromatic hydroxyl groups is 1. The number of phenolic OH excluding ortho intramolecular Hbond substituents is 1. The molecule has 8 heteroatoms. The minimum Gasteiger partial charge on any atom is -0.506 e. The van der Waals surface area contributed by atoms with Crippen LogP contribution in [-0.4, -0.2) is 52.8 Å². The molecule has 2 rings (SSSR count). The minimum atomic E-state index is -0.957. The molecule has 21 heavy (non-hydrogen) atoms. The van der Waals surface area contributed by atoms with Crippen molar-refractivity contribution < 1.29 is 24.5 Å². The molecule has 1 amide bonds. The number of halogens is 2. The minimum absolute atomic E-state index is 0.0395. The van der Waals surface area contributed by atoms with E-state index in [1.165, 1.54) is 4.90 Å². The van der Waals surface area contributed by atoms with Crippen molar-refractivity contribution in [1.29, 1.82) is 0 Å². The van der Waals surface area contributed by atoms with Crippen molar-refractivity contribution in [3.63, 3.8) is 0 Å². The van der Waals surface area contributed by atoms with Gasteiger partial charge in [-0.3, -0.25) is 9.59 Å². The Labute approximate surface area is 148 Å². The van der Waals surface area contributed by atoms with Crippen LogP contribution in [0.2, 0.25) is 0 Å². The zero-order valence-electron chi connectivity index (χ0n) is 10.9. The van der Waals surface area contributed by atoms with Crippen LogP contribution >= 0.6 is 45.2 Å². The molecule has 1 atom stereocenters. The summed E-state index contributed by atoms with van der Waals surface area (Å²) in [6, 6.07) is 3.40. The number of amides is 1. The summed E-state index contributed by atoms with van der Waals surface area (Å²) < 4.78 is 6.81. The van der Waals surface area contributed by atoms with E-state index in [9.17, 15) is 14.7 Å². The third-order valence-electron chi connectivity index (χ3n) is 3.09. The summed E-state index contributed by atoms with van der Waals surface area (Å²) in [6.45, 7) is 0.897. The molecular weight excluding hydrogens is 504 g/mol. The molecule has 1 fully saturated rings. The van der Waals surface area contributed by atoms with Crippen molar-refractivity contribution in [2.75, 3.05) is 19.7 Å². The summed E-state index contributed by atoms with van der Waals surface area (Å²) in [5, 5.41) is 18.8. The van der Waals surface area contributed by atoms with Crippen LogP contribution in [0, 0.1) is 7.14 Å². The normalized spacial score (nSPS) is 18.6. The van der Waals surface area contributed by atoms with Gasteiger partial charge in [0.1, 0.15) is 5.75 Å². The second-order valence-corrected chi connectivity index (χ2v) is 7.03. The van der Waals surface area contributed by atoms with Crippen molar-refractivity contribution in [1.82, 2.24) is 4.90 Å². The van der Waals surface area contributed by atoms with Crippen LogP contribution in [0.5, 0.6) is 5.75 Å². The summed E-state index contributed by atoms with van der Waals surface area (Å²) in [4.78, 5) is 24.8. The van der Waals surface area contributed by atoms with Gasteiger partial charge in [-0.1, -0.05) is 0 Å². The summed E-state index contributed by atoms with van der Waals surface area (Å²) in [7, 11) is 0. The lowest BCUT2D eigenvalue weighted by Crippen LogP contribution is -2.46. The van der Waals surface area contributed by atoms with Crippen LogP contribution in [0.3, 0.4) is 0 Å². The molecule has 0 aromatic heterocycles. The molecule has 1 aliphatic heterocycles. The molecule has 1 aliphatic rings. The van der Waals surface area contributed by atoms with Gasteiger partial charge in [0.05, 0.1) is 28.3 Å². The van der Waals surface area contributed by atoms with Gasteiger partial charge in [0, 0.05) is 16.7 Å². The lowest BCUT2D eigenvalue weighted by molar-refractivity contribution is -0.141. The lowest BCUT2D eigenvalue weighted by Gasteiger charge is -2.32. The summed E-state index contributed by atoms with van der Waals surface area (Å²) in [5.74, 6) is -1.30. The number of carboxylic acids is 1. The van der Waals surface area contributed by atoms with Gasteiger partial charge in [0.25, 0.3) is 5.91 Å². The van der Waals surface area contributed by atoms with Gasteiger partial charge in [-0.2, -0.15) is 0 Å². The second-order valence-electron chi connectivity index (χ2n) is 4.63. The number of aliphatic carboxylic acids is 1. The molecule has 1 unspecified atom stereocenters. The average Bonchev–Trinajstić information content (AvgIpc) is 2.41. The van der Waals surface area contributed by atoms with Crippen molar-refractivity contribution in [3.05, 3.63) is 24.8 Å². The smallest absolute Gasteiger partial charge is 0.306 e. The Kier molecular flexibility index (Phi) is 5.66. The number of phenols is 1. The number of hydrogen-bond donors (Lipinski definition) is 2. The van der Waals surface area contributed by atoms with Gasteiger partial charge in [0.2, 0.25) is 0 Å². The fourth-order valence-corrected chi connectivity index (χ4v) is 3.97. The molecule has 1 aromatic carbocycles. The highest BCUT2D eigenvalue weighted by molar-refractivity contribution is 14.1. The first kappa shape index (κ1) is 16.7. The number of hydrogen-bond acceptors (Lipinski definition) is 4. The molecule has 0 radical (unpaired) electrons. The van der Waals surface area contributed by atoms with E-state index in [0.29, 0.717) is 16.7 Å². The number of nitrogens with zero attached hydrogens (tertiary/aromatic N) is 1. The zero-order valence-corrected chi connectivity index (χ0v) is 15.2. The molecule has 0 bridgehead atoms. The maximum Gasteiger partial charge on any atom is 0.306 e. The maximum absolute atomic E-state index is 12.5. The van der Waals surface area contributed by atoms with E-state index in [1.807, 2.05) is 22.6 Å². The monoisotopic (exact) mass is 517 g/mol. The third kappa shape index (κ3) is 4.19. The van der Waals surface area contributed by atoms with Gasteiger partial charge in [-0.25, -0.2) is 0 Å². The maximum atomic E-state index is 12.5. The molecule has 6 nitrogen and oxygen atoms in total. The molecule has 0 saturated carbocycles. The van der Waals surface area contributed by atoms with E-state index in [4.69, 9.17) is 9.84 Å². The molecule has 114 valence electrons. The van der Waals surface area contributed by atoms with Crippen LogP contribution in [0.1, 0.15) is 16.8 Å². The number of rotatable bonds is 3. The van der Waals surface area contributed by atoms with Crippen LogP contribution in [0.15, 0.2) is 12.1 Å². The van der Waals surface area contributed by atoms with E-state index < -0.39 is 12.1 Å². The molecule has 2 N–H and O–H groups in total. The average molecular weight is 517 g/mol. The van der Waals surface area contributed by atoms with Crippen LogP contribution < -0.4 is 0 Å². The first-order valence-electron chi connectivity index (χ1n) is 6.19. The predicted molar refractivity (Wildman–Crippen MR) is 91.4 cm³/mol. The molecule has 0 aliphatic carbocycles. The Morgan fingerprint density at radius 1 is 1.38 bits per heavy atom. The second kappa shape index (κ2) is 7.09.